The van der Waals surface area contributed by atoms with Crippen LogP contribution in [0.3, 0.4) is 0 Å². The predicted octanol–water partition coefficient (Wildman–Crippen LogP) is 1.25. The van der Waals surface area contributed by atoms with Crippen LogP contribution in [0, 0.1) is 5.92 Å². The van der Waals surface area contributed by atoms with E-state index >= 15 is 0 Å². The summed E-state index contributed by atoms with van der Waals surface area (Å²) in [5, 5.41) is 7.10. The van der Waals surface area contributed by atoms with Crippen LogP contribution in [0.1, 0.15) is 30.5 Å². The monoisotopic (exact) mass is 179 g/mol. The van der Waals surface area contributed by atoms with E-state index in [0.717, 1.165) is 12.3 Å². The van der Waals surface area contributed by atoms with E-state index in [9.17, 15) is 0 Å². The van der Waals surface area contributed by atoms with Crippen molar-refractivity contribution < 1.29 is 0 Å². The molecule has 1 aliphatic rings. The third-order valence-electron chi connectivity index (χ3n) is 2.94. The molecule has 3 nitrogen and oxygen atoms in total. The third-order valence-corrected chi connectivity index (χ3v) is 2.94. The Labute approximate surface area is 78.7 Å². The number of nitrogens with zero attached hydrogens (tertiary/aromatic N) is 1. The lowest BCUT2D eigenvalue weighted by molar-refractivity contribution is 0.314. The van der Waals surface area contributed by atoms with Gasteiger partial charge in [0.05, 0.1) is 6.20 Å². The number of hydrogen-bond donors (Lipinski definition) is 2. The topological polar surface area (TPSA) is 54.7 Å². The van der Waals surface area contributed by atoms with Gasteiger partial charge in [-0.25, -0.2) is 0 Å². The molecule has 1 heterocycles. The predicted molar refractivity (Wildman–Crippen MR) is 52.4 cm³/mol. The highest BCUT2D eigenvalue weighted by molar-refractivity contribution is 5.17. The first-order valence-electron chi connectivity index (χ1n) is 5.11. The van der Waals surface area contributed by atoms with E-state index in [1.54, 1.807) is 0 Å². The Balaban J connectivity index is 1.96. The largest absolute Gasteiger partial charge is 0.330 e. The molecule has 0 bridgehead atoms. The maximum absolute atomic E-state index is 5.52. The number of aromatic nitrogens is 2. The summed E-state index contributed by atoms with van der Waals surface area (Å²) >= 11 is 0. The average Bonchev–Trinajstić information content (AvgIpc) is 2.46. The molecule has 0 amide bonds. The van der Waals surface area contributed by atoms with Gasteiger partial charge in [0.2, 0.25) is 0 Å². The van der Waals surface area contributed by atoms with Crippen LogP contribution in [-0.2, 0) is 12.8 Å². The smallest absolute Gasteiger partial charge is 0.0522 e. The van der Waals surface area contributed by atoms with Crippen LogP contribution < -0.4 is 5.73 Å². The van der Waals surface area contributed by atoms with Crippen molar-refractivity contribution in [1.29, 1.82) is 0 Å². The van der Waals surface area contributed by atoms with Crippen molar-refractivity contribution in [2.75, 3.05) is 6.54 Å². The molecule has 0 saturated heterocycles. The van der Waals surface area contributed by atoms with Crippen molar-refractivity contribution in [3.05, 3.63) is 17.5 Å². The second-order valence-corrected chi connectivity index (χ2v) is 3.91. The molecule has 2 rings (SSSR count). The van der Waals surface area contributed by atoms with Crippen LogP contribution in [0.4, 0.5) is 0 Å². The molecule has 13 heavy (non-hydrogen) atoms. The molecular formula is C10H17N3. The maximum atomic E-state index is 5.52. The molecule has 1 saturated carbocycles. The van der Waals surface area contributed by atoms with Crippen LogP contribution in [0.25, 0.3) is 0 Å². The van der Waals surface area contributed by atoms with E-state index in [4.69, 9.17) is 5.73 Å². The van der Waals surface area contributed by atoms with Crippen molar-refractivity contribution in [3.63, 3.8) is 0 Å². The summed E-state index contributed by atoms with van der Waals surface area (Å²) in [4.78, 5) is 0. The fraction of sp³-hybridized carbons (Fsp3) is 0.700. The Bertz CT molecular complexity index is 263. The molecule has 0 aliphatic heterocycles. The van der Waals surface area contributed by atoms with Gasteiger partial charge >= 0.3 is 0 Å². The van der Waals surface area contributed by atoms with Gasteiger partial charge in [0.1, 0.15) is 0 Å². The summed E-state index contributed by atoms with van der Waals surface area (Å²) in [6, 6.07) is 0. The van der Waals surface area contributed by atoms with Crippen molar-refractivity contribution in [3.8, 4) is 0 Å². The van der Waals surface area contributed by atoms with E-state index < -0.39 is 0 Å². The molecule has 0 unspecified atom stereocenters. The molecular weight excluding hydrogens is 162 g/mol. The maximum Gasteiger partial charge on any atom is 0.0522 e. The van der Waals surface area contributed by atoms with Gasteiger partial charge in [-0.3, -0.25) is 5.10 Å². The van der Waals surface area contributed by atoms with Crippen LogP contribution >= 0.6 is 0 Å². The zero-order chi connectivity index (χ0) is 9.10. The SMILES string of the molecule is NCCc1[nH]ncc1CC1CCC1. The van der Waals surface area contributed by atoms with Crippen LogP contribution in [0.15, 0.2) is 6.20 Å². The van der Waals surface area contributed by atoms with Gasteiger partial charge in [-0.15, -0.1) is 0 Å². The zero-order valence-corrected chi connectivity index (χ0v) is 7.92. The van der Waals surface area contributed by atoms with Gasteiger partial charge in [-0.2, -0.15) is 5.10 Å². The molecule has 1 aromatic rings. The van der Waals surface area contributed by atoms with E-state index in [2.05, 4.69) is 10.2 Å². The van der Waals surface area contributed by atoms with Crippen LogP contribution in [-0.4, -0.2) is 16.7 Å². The van der Waals surface area contributed by atoms with Gasteiger partial charge in [0.25, 0.3) is 0 Å². The molecule has 1 aliphatic carbocycles. The van der Waals surface area contributed by atoms with E-state index in [0.29, 0.717) is 6.54 Å². The molecule has 0 atom stereocenters. The van der Waals surface area contributed by atoms with Crippen LogP contribution in [0.5, 0.6) is 0 Å². The first kappa shape index (κ1) is 8.75. The van der Waals surface area contributed by atoms with Gasteiger partial charge < -0.3 is 5.73 Å². The van der Waals surface area contributed by atoms with Gasteiger partial charge in [-0.1, -0.05) is 19.3 Å². The number of aromatic amines is 1. The minimum atomic E-state index is 0.708. The lowest BCUT2D eigenvalue weighted by atomic mass is 9.81. The number of hydrogen-bond acceptors (Lipinski definition) is 2. The highest BCUT2D eigenvalue weighted by Gasteiger charge is 2.19. The number of H-pyrrole nitrogens is 1. The highest BCUT2D eigenvalue weighted by atomic mass is 15.1. The molecule has 1 aromatic heterocycles. The lowest BCUT2D eigenvalue weighted by Gasteiger charge is -2.24. The number of nitrogens with one attached hydrogen (secondary N) is 1. The summed E-state index contributed by atoms with van der Waals surface area (Å²) in [7, 11) is 0. The Morgan fingerprint density at radius 1 is 1.54 bits per heavy atom. The normalized spacial score (nSPS) is 17.3. The molecule has 0 spiro atoms. The van der Waals surface area contributed by atoms with E-state index in [1.165, 1.54) is 36.9 Å². The first-order valence-corrected chi connectivity index (χ1v) is 5.11. The minimum absolute atomic E-state index is 0.708. The van der Waals surface area contributed by atoms with E-state index in [1.807, 2.05) is 6.20 Å². The fourth-order valence-electron chi connectivity index (χ4n) is 1.88. The standard InChI is InChI=1S/C10H17N3/c11-5-4-10-9(7-12-13-10)6-8-2-1-3-8/h7-8H,1-6,11H2,(H,12,13). The van der Waals surface area contributed by atoms with E-state index in [-0.39, 0.29) is 0 Å². The highest BCUT2D eigenvalue weighted by Crippen LogP contribution is 2.30. The Morgan fingerprint density at radius 2 is 2.38 bits per heavy atom. The zero-order valence-electron chi connectivity index (χ0n) is 7.92. The Kier molecular flexibility index (Phi) is 2.64. The number of nitrogens with two attached hydrogens (primary N) is 1. The van der Waals surface area contributed by atoms with Crippen molar-refractivity contribution in [1.82, 2.24) is 10.2 Å². The third kappa shape index (κ3) is 1.91. The Morgan fingerprint density at radius 3 is 3.00 bits per heavy atom. The summed E-state index contributed by atoms with van der Waals surface area (Å²) in [5.41, 5.74) is 8.15. The second kappa shape index (κ2) is 3.92. The molecule has 0 radical (unpaired) electrons. The molecule has 1 fully saturated rings. The summed E-state index contributed by atoms with van der Waals surface area (Å²) in [6.07, 6.45) is 8.30. The summed E-state index contributed by atoms with van der Waals surface area (Å²) < 4.78 is 0. The van der Waals surface area contributed by atoms with Crippen molar-refractivity contribution >= 4 is 0 Å². The Hall–Kier alpha value is -0.830. The number of rotatable bonds is 4. The first-order chi connectivity index (χ1) is 6.40. The fourth-order valence-corrected chi connectivity index (χ4v) is 1.88. The van der Waals surface area contributed by atoms with Gasteiger partial charge in [0.15, 0.2) is 0 Å². The van der Waals surface area contributed by atoms with Crippen molar-refractivity contribution in [2.45, 2.75) is 32.1 Å². The molecule has 0 aromatic carbocycles. The van der Waals surface area contributed by atoms with Gasteiger partial charge in [0, 0.05) is 12.1 Å². The summed E-state index contributed by atoms with van der Waals surface area (Å²) in [5.74, 6) is 0.911. The minimum Gasteiger partial charge on any atom is -0.330 e. The summed E-state index contributed by atoms with van der Waals surface area (Å²) in [6.45, 7) is 0.708. The molecule has 72 valence electrons. The molecule has 3 heteroatoms. The second-order valence-electron chi connectivity index (χ2n) is 3.91. The lowest BCUT2D eigenvalue weighted by Crippen LogP contribution is -2.15. The van der Waals surface area contributed by atoms with Crippen molar-refractivity contribution in [2.24, 2.45) is 11.7 Å². The van der Waals surface area contributed by atoms with Gasteiger partial charge in [-0.05, 0) is 24.4 Å². The quantitative estimate of drug-likeness (QED) is 0.731. The van der Waals surface area contributed by atoms with Crippen LogP contribution in [0.2, 0.25) is 0 Å². The molecule has 3 N–H and O–H groups in total. The average molecular weight is 179 g/mol.